The second kappa shape index (κ2) is 6.74. The number of rotatable bonds is 5. The molecule has 1 aromatic carbocycles. The van der Waals surface area contributed by atoms with Gasteiger partial charge in [-0.1, -0.05) is 31.9 Å². The van der Waals surface area contributed by atoms with Crippen LogP contribution in [-0.4, -0.2) is 10.9 Å². The Balaban J connectivity index is 1.84. The first kappa shape index (κ1) is 14.1. The summed E-state index contributed by atoms with van der Waals surface area (Å²) < 4.78 is 0. The zero-order chi connectivity index (χ0) is 13.7. The Bertz CT molecular complexity index is 417. The molecule has 1 aromatic rings. The number of hydrogen-bond donors (Lipinski definition) is 1. The Morgan fingerprint density at radius 2 is 2.00 bits per heavy atom. The number of aromatic hydroxyl groups is 1. The SMILES string of the molecule is CCCC1CCC(C(=O)Cc2cccc(O)c2)CC1. The third-order valence-electron chi connectivity index (χ3n) is 4.29. The summed E-state index contributed by atoms with van der Waals surface area (Å²) in [6.45, 7) is 2.24. The van der Waals surface area contributed by atoms with Crippen molar-refractivity contribution in [2.45, 2.75) is 51.9 Å². The number of carbonyl (C=O) groups is 1. The van der Waals surface area contributed by atoms with Gasteiger partial charge in [-0.05, 0) is 49.3 Å². The highest BCUT2D eigenvalue weighted by molar-refractivity contribution is 5.83. The summed E-state index contributed by atoms with van der Waals surface area (Å²) in [5.74, 6) is 1.68. The maximum atomic E-state index is 12.3. The molecule has 19 heavy (non-hydrogen) atoms. The normalized spacial score (nSPS) is 23.2. The number of Topliss-reactive ketones (excluding diaryl/α,β-unsaturated/α-hetero) is 1. The molecule has 0 aromatic heterocycles. The molecule has 0 radical (unpaired) electrons. The molecule has 2 heteroatoms. The van der Waals surface area contributed by atoms with Crippen LogP contribution in [0.15, 0.2) is 24.3 Å². The van der Waals surface area contributed by atoms with Gasteiger partial charge < -0.3 is 5.11 Å². The molecule has 0 heterocycles. The van der Waals surface area contributed by atoms with E-state index in [0.717, 1.165) is 24.3 Å². The summed E-state index contributed by atoms with van der Waals surface area (Å²) in [4.78, 5) is 12.3. The maximum absolute atomic E-state index is 12.3. The van der Waals surface area contributed by atoms with Crippen molar-refractivity contribution in [2.24, 2.45) is 11.8 Å². The molecule has 1 fully saturated rings. The molecule has 2 rings (SSSR count). The zero-order valence-electron chi connectivity index (χ0n) is 11.8. The molecule has 0 amide bonds. The lowest BCUT2D eigenvalue weighted by atomic mass is 9.77. The average Bonchev–Trinajstić information content (AvgIpc) is 2.40. The van der Waals surface area contributed by atoms with Crippen LogP contribution in [-0.2, 0) is 11.2 Å². The second-order valence-corrected chi connectivity index (χ2v) is 5.82. The van der Waals surface area contributed by atoms with Crippen molar-refractivity contribution in [3.63, 3.8) is 0 Å². The summed E-state index contributed by atoms with van der Waals surface area (Å²) >= 11 is 0. The number of benzene rings is 1. The van der Waals surface area contributed by atoms with Crippen LogP contribution < -0.4 is 0 Å². The van der Waals surface area contributed by atoms with Gasteiger partial charge in [0.05, 0.1) is 0 Å². The molecule has 1 N–H and O–H groups in total. The molecule has 0 unspecified atom stereocenters. The molecule has 0 atom stereocenters. The van der Waals surface area contributed by atoms with Gasteiger partial charge in [-0.3, -0.25) is 4.79 Å². The molecular formula is C17H24O2. The molecule has 0 saturated heterocycles. The lowest BCUT2D eigenvalue weighted by Gasteiger charge is -2.27. The summed E-state index contributed by atoms with van der Waals surface area (Å²) in [6.07, 6.45) is 7.58. The number of ketones is 1. The molecule has 0 spiro atoms. The average molecular weight is 260 g/mol. The third kappa shape index (κ3) is 4.09. The highest BCUT2D eigenvalue weighted by Gasteiger charge is 2.25. The van der Waals surface area contributed by atoms with Crippen molar-refractivity contribution in [1.29, 1.82) is 0 Å². The Hall–Kier alpha value is -1.31. The van der Waals surface area contributed by atoms with Gasteiger partial charge in [0.15, 0.2) is 0 Å². The van der Waals surface area contributed by atoms with E-state index >= 15 is 0 Å². The van der Waals surface area contributed by atoms with Crippen molar-refractivity contribution < 1.29 is 9.90 Å². The fourth-order valence-electron chi connectivity index (χ4n) is 3.19. The molecule has 104 valence electrons. The molecule has 0 bridgehead atoms. The van der Waals surface area contributed by atoms with Crippen LogP contribution in [0, 0.1) is 11.8 Å². The van der Waals surface area contributed by atoms with E-state index in [-0.39, 0.29) is 11.7 Å². The highest BCUT2D eigenvalue weighted by Crippen LogP contribution is 2.32. The Morgan fingerprint density at radius 3 is 2.63 bits per heavy atom. The van der Waals surface area contributed by atoms with E-state index in [0.29, 0.717) is 12.2 Å². The first-order valence-corrected chi connectivity index (χ1v) is 7.49. The van der Waals surface area contributed by atoms with Crippen molar-refractivity contribution in [3.8, 4) is 5.75 Å². The van der Waals surface area contributed by atoms with Crippen molar-refractivity contribution in [3.05, 3.63) is 29.8 Å². The highest BCUT2D eigenvalue weighted by atomic mass is 16.3. The zero-order valence-corrected chi connectivity index (χ0v) is 11.8. The number of phenols is 1. The van der Waals surface area contributed by atoms with Crippen LogP contribution >= 0.6 is 0 Å². The smallest absolute Gasteiger partial charge is 0.140 e. The third-order valence-corrected chi connectivity index (χ3v) is 4.29. The monoisotopic (exact) mass is 260 g/mol. The molecule has 1 aliphatic carbocycles. The van der Waals surface area contributed by atoms with E-state index in [9.17, 15) is 9.90 Å². The fraction of sp³-hybridized carbons (Fsp3) is 0.588. The van der Waals surface area contributed by atoms with Gasteiger partial charge in [0, 0.05) is 12.3 Å². The van der Waals surface area contributed by atoms with Crippen LogP contribution in [0.3, 0.4) is 0 Å². The van der Waals surface area contributed by atoms with Crippen molar-refractivity contribution >= 4 is 5.78 Å². The summed E-state index contributed by atoms with van der Waals surface area (Å²) in [5.41, 5.74) is 0.931. The number of phenolic OH excluding ortho intramolecular Hbond substituents is 1. The van der Waals surface area contributed by atoms with Crippen LogP contribution in [0.1, 0.15) is 51.0 Å². The topological polar surface area (TPSA) is 37.3 Å². The van der Waals surface area contributed by atoms with Crippen LogP contribution in [0.2, 0.25) is 0 Å². The van der Waals surface area contributed by atoms with E-state index in [1.54, 1.807) is 18.2 Å². The Labute approximate surface area is 115 Å². The van der Waals surface area contributed by atoms with Crippen molar-refractivity contribution in [1.82, 2.24) is 0 Å². The van der Waals surface area contributed by atoms with Crippen molar-refractivity contribution in [2.75, 3.05) is 0 Å². The van der Waals surface area contributed by atoms with E-state index in [4.69, 9.17) is 0 Å². The standard InChI is InChI=1S/C17H24O2/c1-2-4-13-7-9-15(10-8-13)17(19)12-14-5-3-6-16(18)11-14/h3,5-6,11,13,15,18H,2,4,7-10,12H2,1H3. The predicted molar refractivity (Wildman–Crippen MR) is 77.2 cm³/mol. The minimum Gasteiger partial charge on any atom is -0.508 e. The fourth-order valence-corrected chi connectivity index (χ4v) is 3.19. The van der Waals surface area contributed by atoms with Gasteiger partial charge in [-0.2, -0.15) is 0 Å². The largest absolute Gasteiger partial charge is 0.508 e. The molecule has 2 nitrogen and oxygen atoms in total. The van der Waals surface area contributed by atoms with Gasteiger partial charge in [-0.25, -0.2) is 0 Å². The Kier molecular flexibility index (Phi) is 5.00. The molecule has 0 aliphatic heterocycles. The van der Waals surface area contributed by atoms with Gasteiger partial charge >= 0.3 is 0 Å². The lowest BCUT2D eigenvalue weighted by molar-refractivity contribution is -0.123. The molecular weight excluding hydrogens is 236 g/mol. The van der Waals surface area contributed by atoms with Gasteiger partial charge in [0.25, 0.3) is 0 Å². The Morgan fingerprint density at radius 1 is 1.26 bits per heavy atom. The van der Waals surface area contributed by atoms with Gasteiger partial charge in [0.2, 0.25) is 0 Å². The van der Waals surface area contributed by atoms with E-state index < -0.39 is 0 Å². The van der Waals surface area contributed by atoms with E-state index in [1.807, 2.05) is 6.07 Å². The number of hydrogen-bond acceptors (Lipinski definition) is 2. The lowest BCUT2D eigenvalue weighted by Crippen LogP contribution is -2.23. The molecule has 1 saturated carbocycles. The van der Waals surface area contributed by atoms with Crippen LogP contribution in [0.5, 0.6) is 5.75 Å². The summed E-state index contributed by atoms with van der Waals surface area (Å²) in [7, 11) is 0. The second-order valence-electron chi connectivity index (χ2n) is 5.82. The summed E-state index contributed by atoms with van der Waals surface area (Å²) in [5, 5.41) is 9.42. The summed E-state index contributed by atoms with van der Waals surface area (Å²) in [6, 6.07) is 7.06. The predicted octanol–water partition coefficient (Wildman–Crippen LogP) is 4.11. The minimum atomic E-state index is 0.246. The van der Waals surface area contributed by atoms with E-state index in [2.05, 4.69) is 6.92 Å². The van der Waals surface area contributed by atoms with Crippen LogP contribution in [0.25, 0.3) is 0 Å². The van der Waals surface area contributed by atoms with Gasteiger partial charge in [-0.15, -0.1) is 0 Å². The first-order valence-electron chi connectivity index (χ1n) is 7.49. The number of carbonyl (C=O) groups excluding carboxylic acids is 1. The maximum Gasteiger partial charge on any atom is 0.140 e. The van der Waals surface area contributed by atoms with Gasteiger partial charge in [0.1, 0.15) is 11.5 Å². The first-order chi connectivity index (χ1) is 9.19. The van der Waals surface area contributed by atoms with Crippen LogP contribution in [0.4, 0.5) is 0 Å². The van der Waals surface area contributed by atoms with E-state index in [1.165, 1.54) is 25.7 Å². The quantitative estimate of drug-likeness (QED) is 0.865. The molecule has 1 aliphatic rings. The minimum absolute atomic E-state index is 0.246.